The summed E-state index contributed by atoms with van der Waals surface area (Å²) < 4.78 is 5.49. The summed E-state index contributed by atoms with van der Waals surface area (Å²) in [4.78, 5) is 0. The van der Waals surface area contributed by atoms with E-state index in [4.69, 9.17) is 4.74 Å². The van der Waals surface area contributed by atoms with E-state index in [0.717, 1.165) is 39.0 Å². The van der Waals surface area contributed by atoms with Crippen molar-refractivity contribution in [1.29, 1.82) is 0 Å². The molecule has 1 aliphatic heterocycles. The fourth-order valence-corrected chi connectivity index (χ4v) is 2.50. The predicted molar refractivity (Wildman–Crippen MR) is 80.0 cm³/mol. The van der Waals surface area contributed by atoms with Crippen molar-refractivity contribution in [2.75, 3.05) is 6.54 Å². The van der Waals surface area contributed by atoms with Gasteiger partial charge in [-0.2, -0.15) is 0 Å². The van der Waals surface area contributed by atoms with Crippen LogP contribution in [-0.2, 0) is 18.0 Å². The van der Waals surface area contributed by atoms with Crippen molar-refractivity contribution in [2.24, 2.45) is 0 Å². The number of hydrogen-bond donors (Lipinski definition) is 1. The standard InChI is InChI=1S/C17H25NO/c1-4-9-18-17(8-5-13(2)3)14-6-7-15-11-19-12-16(15)10-14/h6-7,10,17-18H,2,4-5,8-9,11-12H2,1,3H3. The average Bonchev–Trinajstić information content (AvgIpc) is 2.85. The molecule has 1 heterocycles. The molecule has 0 aliphatic carbocycles. The van der Waals surface area contributed by atoms with Crippen molar-refractivity contribution < 1.29 is 4.74 Å². The summed E-state index contributed by atoms with van der Waals surface area (Å²) in [7, 11) is 0. The molecular weight excluding hydrogens is 234 g/mol. The number of ether oxygens (including phenoxy) is 1. The predicted octanol–water partition coefficient (Wildman–Crippen LogP) is 4.11. The zero-order chi connectivity index (χ0) is 13.7. The van der Waals surface area contributed by atoms with Gasteiger partial charge in [-0.3, -0.25) is 0 Å². The van der Waals surface area contributed by atoms with Gasteiger partial charge in [0.1, 0.15) is 0 Å². The van der Waals surface area contributed by atoms with Gasteiger partial charge >= 0.3 is 0 Å². The summed E-state index contributed by atoms with van der Waals surface area (Å²) in [6.45, 7) is 10.9. The lowest BCUT2D eigenvalue weighted by Gasteiger charge is -2.20. The van der Waals surface area contributed by atoms with Crippen molar-refractivity contribution in [2.45, 2.75) is 52.4 Å². The normalized spacial score (nSPS) is 15.3. The first-order valence-electron chi connectivity index (χ1n) is 7.28. The summed E-state index contributed by atoms with van der Waals surface area (Å²) in [5.41, 5.74) is 5.35. The minimum atomic E-state index is 0.433. The Morgan fingerprint density at radius 2 is 2.16 bits per heavy atom. The number of nitrogens with one attached hydrogen (secondary N) is 1. The molecule has 0 bridgehead atoms. The van der Waals surface area contributed by atoms with Gasteiger partial charge in [-0.15, -0.1) is 6.58 Å². The lowest BCUT2D eigenvalue weighted by atomic mass is 9.96. The SMILES string of the molecule is C=C(C)CCC(NCCC)c1ccc2c(c1)COC2. The first-order chi connectivity index (χ1) is 9.20. The van der Waals surface area contributed by atoms with Gasteiger partial charge in [0.25, 0.3) is 0 Å². The third-order valence-electron chi connectivity index (χ3n) is 3.65. The van der Waals surface area contributed by atoms with E-state index >= 15 is 0 Å². The summed E-state index contributed by atoms with van der Waals surface area (Å²) in [6, 6.07) is 7.22. The molecule has 0 saturated heterocycles. The third-order valence-corrected chi connectivity index (χ3v) is 3.65. The van der Waals surface area contributed by atoms with Crippen LogP contribution in [0.15, 0.2) is 30.4 Å². The highest BCUT2D eigenvalue weighted by Crippen LogP contribution is 2.26. The van der Waals surface area contributed by atoms with Crippen LogP contribution in [0.25, 0.3) is 0 Å². The van der Waals surface area contributed by atoms with Crippen LogP contribution in [0.1, 0.15) is 55.8 Å². The molecule has 1 atom stereocenters. The van der Waals surface area contributed by atoms with Gasteiger partial charge < -0.3 is 10.1 Å². The van der Waals surface area contributed by atoms with Crippen LogP contribution < -0.4 is 5.32 Å². The molecule has 1 aliphatic rings. The number of hydrogen-bond acceptors (Lipinski definition) is 2. The molecule has 2 rings (SSSR count). The molecule has 2 heteroatoms. The summed E-state index contributed by atoms with van der Waals surface area (Å²) in [6.07, 6.45) is 3.36. The van der Waals surface area contributed by atoms with E-state index < -0.39 is 0 Å². The van der Waals surface area contributed by atoms with Crippen LogP contribution in [0.3, 0.4) is 0 Å². The summed E-state index contributed by atoms with van der Waals surface area (Å²) >= 11 is 0. The van der Waals surface area contributed by atoms with Gasteiger partial charge in [-0.05, 0) is 49.4 Å². The first kappa shape index (κ1) is 14.3. The van der Waals surface area contributed by atoms with Gasteiger partial charge in [-0.1, -0.05) is 30.7 Å². The number of fused-ring (bicyclic) bond motifs is 1. The largest absolute Gasteiger partial charge is 0.372 e. The molecule has 0 radical (unpaired) electrons. The van der Waals surface area contributed by atoms with E-state index in [1.807, 2.05) is 0 Å². The first-order valence-corrected chi connectivity index (χ1v) is 7.28. The second kappa shape index (κ2) is 6.88. The maximum Gasteiger partial charge on any atom is 0.0725 e. The fourth-order valence-electron chi connectivity index (χ4n) is 2.50. The molecule has 19 heavy (non-hydrogen) atoms. The highest BCUT2D eigenvalue weighted by atomic mass is 16.5. The molecule has 0 amide bonds. The quantitative estimate of drug-likeness (QED) is 0.744. The summed E-state index contributed by atoms with van der Waals surface area (Å²) in [5, 5.41) is 3.65. The highest BCUT2D eigenvalue weighted by molar-refractivity contribution is 5.34. The number of benzene rings is 1. The van der Waals surface area contributed by atoms with Crippen molar-refractivity contribution >= 4 is 0 Å². The molecule has 1 N–H and O–H groups in total. The highest BCUT2D eigenvalue weighted by Gasteiger charge is 2.16. The molecular formula is C17H25NO. The minimum Gasteiger partial charge on any atom is -0.372 e. The molecule has 0 fully saturated rings. The third kappa shape index (κ3) is 3.92. The molecule has 1 unspecified atom stereocenters. The Labute approximate surface area is 116 Å². The van der Waals surface area contributed by atoms with Crippen LogP contribution in [0.5, 0.6) is 0 Å². The van der Waals surface area contributed by atoms with E-state index in [2.05, 4.69) is 43.9 Å². The lowest BCUT2D eigenvalue weighted by Crippen LogP contribution is -2.22. The van der Waals surface area contributed by atoms with Crippen LogP contribution in [0.4, 0.5) is 0 Å². The minimum absolute atomic E-state index is 0.433. The van der Waals surface area contributed by atoms with Crippen molar-refractivity contribution in [3.05, 3.63) is 47.0 Å². The molecule has 1 aromatic rings. The van der Waals surface area contributed by atoms with E-state index in [1.54, 1.807) is 0 Å². The molecule has 0 aromatic heterocycles. The van der Waals surface area contributed by atoms with Gasteiger partial charge in [-0.25, -0.2) is 0 Å². The molecule has 0 saturated carbocycles. The maximum atomic E-state index is 5.49. The van der Waals surface area contributed by atoms with Gasteiger partial charge in [0.2, 0.25) is 0 Å². The van der Waals surface area contributed by atoms with Crippen molar-refractivity contribution in [3.63, 3.8) is 0 Å². The Morgan fingerprint density at radius 3 is 2.89 bits per heavy atom. The second-order valence-electron chi connectivity index (χ2n) is 5.52. The van der Waals surface area contributed by atoms with E-state index in [0.29, 0.717) is 6.04 Å². The molecule has 1 aromatic carbocycles. The summed E-state index contributed by atoms with van der Waals surface area (Å²) in [5.74, 6) is 0. The Hall–Kier alpha value is -1.12. The van der Waals surface area contributed by atoms with Crippen molar-refractivity contribution in [3.8, 4) is 0 Å². The van der Waals surface area contributed by atoms with E-state index in [9.17, 15) is 0 Å². The van der Waals surface area contributed by atoms with Crippen LogP contribution in [0.2, 0.25) is 0 Å². The Bertz CT molecular complexity index is 439. The Balaban J connectivity index is 2.09. The zero-order valence-corrected chi connectivity index (χ0v) is 12.2. The Morgan fingerprint density at radius 1 is 1.37 bits per heavy atom. The van der Waals surface area contributed by atoms with E-state index in [-0.39, 0.29) is 0 Å². The van der Waals surface area contributed by atoms with Gasteiger partial charge in [0.05, 0.1) is 13.2 Å². The van der Waals surface area contributed by atoms with Crippen LogP contribution in [0, 0.1) is 0 Å². The second-order valence-corrected chi connectivity index (χ2v) is 5.52. The topological polar surface area (TPSA) is 21.3 Å². The monoisotopic (exact) mass is 259 g/mol. The average molecular weight is 259 g/mol. The Kier molecular flexibility index (Phi) is 5.17. The van der Waals surface area contributed by atoms with Crippen molar-refractivity contribution in [1.82, 2.24) is 5.32 Å². The van der Waals surface area contributed by atoms with E-state index in [1.165, 1.54) is 22.3 Å². The number of allylic oxidation sites excluding steroid dienone is 1. The van der Waals surface area contributed by atoms with Gasteiger partial charge in [0.15, 0.2) is 0 Å². The number of rotatable bonds is 7. The van der Waals surface area contributed by atoms with Gasteiger partial charge in [0, 0.05) is 6.04 Å². The molecule has 104 valence electrons. The molecule has 2 nitrogen and oxygen atoms in total. The fraction of sp³-hybridized carbons (Fsp3) is 0.529. The van der Waals surface area contributed by atoms with Crippen LogP contribution in [-0.4, -0.2) is 6.54 Å². The maximum absolute atomic E-state index is 5.49. The molecule has 0 spiro atoms. The smallest absolute Gasteiger partial charge is 0.0725 e. The lowest BCUT2D eigenvalue weighted by molar-refractivity contribution is 0.134. The van der Waals surface area contributed by atoms with Crippen LogP contribution >= 0.6 is 0 Å². The zero-order valence-electron chi connectivity index (χ0n) is 12.2.